The van der Waals surface area contributed by atoms with Crippen molar-refractivity contribution in [2.45, 2.75) is 111 Å². The molecular weight excluding hydrogens is 432 g/mol. The van der Waals surface area contributed by atoms with Crippen LogP contribution < -0.4 is 0 Å². The van der Waals surface area contributed by atoms with E-state index in [-0.39, 0.29) is 10.8 Å². The molecule has 0 saturated heterocycles. The highest BCUT2D eigenvalue weighted by atomic mass is 16.3. The van der Waals surface area contributed by atoms with Gasteiger partial charge in [-0.25, -0.2) is 0 Å². The van der Waals surface area contributed by atoms with Gasteiger partial charge in [0.05, 0.1) is 11.1 Å². The number of nitrogens with zero attached hydrogens (tertiary/aromatic N) is 2. The minimum Gasteiger partial charge on any atom is -0.507 e. The Morgan fingerprint density at radius 1 is 0.600 bits per heavy atom. The minimum absolute atomic E-state index is 0.154. The summed E-state index contributed by atoms with van der Waals surface area (Å²) in [4.78, 5) is 9.72. The lowest BCUT2D eigenvalue weighted by molar-refractivity contribution is 0.358. The smallest absolute Gasteiger partial charge is 0.128 e. The van der Waals surface area contributed by atoms with E-state index in [4.69, 9.17) is 9.98 Å². The topological polar surface area (TPSA) is 65.2 Å². The second kappa shape index (κ2) is 9.79. The van der Waals surface area contributed by atoms with E-state index in [1.54, 1.807) is 12.4 Å². The number of hydrogen-bond donors (Lipinski definition) is 2. The van der Waals surface area contributed by atoms with Gasteiger partial charge in [-0.1, -0.05) is 53.7 Å². The van der Waals surface area contributed by atoms with Crippen LogP contribution in [0.15, 0.2) is 34.3 Å². The average molecular weight is 479 g/mol. The van der Waals surface area contributed by atoms with E-state index < -0.39 is 11.1 Å². The van der Waals surface area contributed by atoms with Crippen molar-refractivity contribution in [1.82, 2.24) is 0 Å². The first kappa shape index (κ1) is 28.6. The molecule has 4 heteroatoms. The second-order valence-corrected chi connectivity index (χ2v) is 13.3. The summed E-state index contributed by atoms with van der Waals surface area (Å²) in [5.74, 6) is 0.592. The van der Waals surface area contributed by atoms with Crippen LogP contribution in [0.1, 0.15) is 109 Å². The van der Waals surface area contributed by atoms with Gasteiger partial charge in [0, 0.05) is 34.7 Å². The molecule has 0 bridgehead atoms. The number of aromatic hydroxyl groups is 2. The number of hydrogen-bond acceptors (Lipinski definition) is 4. The van der Waals surface area contributed by atoms with Crippen molar-refractivity contribution in [3.8, 4) is 11.5 Å². The van der Waals surface area contributed by atoms with Crippen LogP contribution >= 0.6 is 0 Å². The molecule has 0 spiro atoms. The molecule has 2 N–H and O–H groups in total. The van der Waals surface area contributed by atoms with Crippen LogP contribution in [0.4, 0.5) is 0 Å². The van der Waals surface area contributed by atoms with Crippen molar-refractivity contribution in [2.75, 3.05) is 0 Å². The molecule has 2 rings (SSSR count). The Balaban J connectivity index is 2.30. The molecule has 192 valence electrons. The van der Waals surface area contributed by atoms with Crippen molar-refractivity contribution in [1.29, 1.82) is 0 Å². The van der Waals surface area contributed by atoms with Gasteiger partial charge < -0.3 is 10.2 Å². The molecule has 0 aliphatic rings. The lowest BCUT2D eigenvalue weighted by atomic mass is 9.84. The molecule has 0 atom stereocenters. The molecule has 0 amide bonds. The van der Waals surface area contributed by atoms with E-state index in [1.165, 1.54) is 0 Å². The predicted octanol–water partition coefficient (Wildman–Crippen LogP) is 7.79. The fraction of sp³-hybridized carbons (Fsp3) is 0.548. The molecule has 2 aromatic rings. The van der Waals surface area contributed by atoms with Crippen molar-refractivity contribution < 1.29 is 10.2 Å². The van der Waals surface area contributed by atoms with Gasteiger partial charge in [0.25, 0.3) is 0 Å². The van der Waals surface area contributed by atoms with Crippen molar-refractivity contribution >= 4 is 12.4 Å². The van der Waals surface area contributed by atoms with E-state index in [1.807, 2.05) is 38.1 Å². The molecular formula is C31H46N2O2. The number of phenolic OH excluding ortho intramolecular Hbond substituents is 2. The Hall–Kier alpha value is -2.62. The summed E-state index contributed by atoms with van der Waals surface area (Å²) in [6.07, 6.45) is 4.28. The van der Waals surface area contributed by atoms with Gasteiger partial charge in [0.15, 0.2) is 0 Å². The zero-order chi connectivity index (χ0) is 27.0. The summed E-state index contributed by atoms with van der Waals surface area (Å²) >= 11 is 0. The van der Waals surface area contributed by atoms with Gasteiger partial charge in [-0.05, 0) is 82.1 Å². The predicted molar refractivity (Wildman–Crippen MR) is 151 cm³/mol. The van der Waals surface area contributed by atoms with Gasteiger partial charge in [0.2, 0.25) is 0 Å². The molecule has 0 aliphatic heterocycles. The monoisotopic (exact) mass is 478 g/mol. The van der Waals surface area contributed by atoms with Crippen LogP contribution in [0.2, 0.25) is 0 Å². The summed E-state index contributed by atoms with van der Waals surface area (Å²) in [7, 11) is 0. The fourth-order valence-corrected chi connectivity index (χ4v) is 4.59. The van der Waals surface area contributed by atoms with Gasteiger partial charge in [-0.2, -0.15) is 0 Å². The second-order valence-electron chi connectivity index (χ2n) is 13.3. The lowest BCUT2D eigenvalue weighted by Gasteiger charge is -2.29. The number of phenols is 2. The van der Waals surface area contributed by atoms with E-state index in [9.17, 15) is 10.2 Å². The molecule has 0 radical (unpaired) electrons. The lowest BCUT2D eigenvalue weighted by Crippen LogP contribution is -2.30. The van der Waals surface area contributed by atoms with E-state index >= 15 is 0 Å². The van der Waals surface area contributed by atoms with Crippen LogP contribution in [-0.4, -0.2) is 33.7 Å². The van der Waals surface area contributed by atoms with Crippen molar-refractivity contribution in [2.24, 2.45) is 9.98 Å². The molecule has 0 fully saturated rings. The number of aryl methyl sites for hydroxylation is 2. The number of benzene rings is 2. The molecule has 0 saturated carbocycles. The summed E-state index contributed by atoms with van der Waals surface area (Å²) in [5, 5.41) is 21.8. The Bertz CT molecular complexity index is 1030. The summed E-state index contributed by atoms with van der Waals surface area (Å²) < 4.78 is 0. The third kappa shape index (κ3) is 7.68. The highest BCUT2D eigenvalue weighted by Gasteiger charge is 2.28. The maximum Gasteiger partial charge on any atom is 0.128 e. The SMILES string of the molecule is Cc1cc(C=NC(C)(C)CC(C)(C)N=Cc2cc(C)cc(C(C)(C)C)c2O)c(O)c(C(C)(C)C)c1. The minimum atomic E-state index is -0.399. The summed E-state index contributed by atoms with van der Waals surface area (Å²) in [6, 6.07) is 8.03. The van der Waals surface area contributed by atoms with Crippen LogP contribution in [0.3, 0.4) is 0 Å². The highest BCUT2D eigenvalue weighted by Crippen LogP contribution is 2.36. The molecule has 0 unspecified atom stereocenters. The van der Waals surface area contributed by atoms with E-state index in [0.29, 0.717) is 17.9 Å². The maximum absolute atomic E-state index is 10.9. The van der Waals surface area contributed by atoms with Crippen molar-refractivity contribution in [3.63, 3.8) is 0 Å². The normalized spacial score (nSPS) is 13.8. The fourth-order valence-electron chi connectivity index (χ4n) is 4.59. The highest BCUT2D eigenvalue weighted by molar-refractivity contribution is 5.86. The maximum atomic E-state index is 10.9. The zero-order valence-corrected chi connectivity index (χ0v) is 24.0. The van der Waals surface area contributed by atoms with Gasteiger partial charge >= 0.3 is 0 Å². The van der Waals surface area contributed by atoms with E-state index in [2.05, 4.69) is 69.2 Å². The van der Waals surface area contributed by atoms with Gasteiger partial charge in [-0.3, -0.25) is 9.98 Å². The summed E-state index contributed by atoms with van der Waals surface area (Å²) in [5.41, 5.74) is 4.43. The molecule has 2 aromatic carbocycles. The molecule has 4 nitrogen and oxygen atoms in total. The third-order valence-electron chi connectivity index (χ3n) is 6.15. The first-order valence-corrected chi connectivity index (χ1v) is 12.5. The molecule has 0 aliphatic carbocycles. The van der Waals surface area contributed by atoms with Crippen LogP contribution in [0.25, 0.3) is 0 Å². The Morgan fingerprint density at radius 2 is 0.914 bits per heavy atom. The first-order valence-electron chi connectivity index (χ1n) is 12.5. The standard InChI is InChI=1S/C31H46N2O2/c1-20-13-22(26(34)24(15-20)28(3,4)5)17-32-30(9,10)19-31(11,12)33-18-23-14-21(2)16-25(27(23)35)29(6,7)8/h13-18,34-35H,19H2,1-12H3. The molecule has 0 aromatic heterocycles. The Labute approximate surface area is 213 Å². The van der Waals surface area contributed by atoms with Crippen LogP contribution in [-0.2, 0) is 10.8 Å². The first-order chi connectivity index (χ1) is 15.7. The number of rotatable bonds is 6. The quantitative estimate of drug-likeness (QED) is 0.416. The van der Waals surface area contributed by atoms with Crippen LogP contribution in [0, 0.1) is 13.8 Å². The Kier molecular flexibility index (Phi) is 8.01. The zero-order valence-electron chi connectivity index (χ0n) is 24.0. The van der Waals surface area contributed by atoms with Crippen LogP contribution in [0.5, 0.6) is 11.5 Å². The van der Waals surface area contributed by atoms with Gasteiger partial charge in [-0.15, -0.1) is 0 Å². The average Bonchev–Trinajstić information content (AvgIpc) is 2.66. The van der Waals surface area contributed by atoms with E-state index in [0.717, 1.165) is 33.4 Å². The summed E-state index contributed by atoms with van der Waals surface area (Å²) in [6.45, 7) is 25.0. The van der Waals surface area contributed by atoms with Crippen molar-refractivity contribution in [3.05, 3.63) is 57.6 Å². The number of aliphatic imine (C=N–C) groups is 2. The van der Waals surface area contributed by atoms with Gasteiger partial charge in [0.1, 0.15) is 11.5 Å². The molecule has 0 heterocycles. The molecule has 35 heavy (non-hydrogen) atoms. The largest absolute Gasteiger partial charge is 0.507 e. The third-order valence-corrected chi connectivity index (χ3v) is 6.15. The Morgan fingerprint density at radius 3 is 1.20 bits per heavy atom.